The van der Waals surface area contributed by atoms with E-state index in [-0.39, 0.29) is 22.2 Å². The van der Waals surface area contributed by atoms with Crippen LogP contribution in [-0.2, 0) is 16.6 Å². The summed E-state index contributed by atoms with van der Waals surface area (Å²) < 4.78 is 27.5. The number of carbonyl (C=O) groups is 1. The Morgan fingerprint density at radius 3 is 2.29 bits per heavy atom. The molecule has 0 aromatic heterocycles. The normalized spacial score (nSPS) is 11.0. The van der Waals surface area contributed by atoms with E-state index in [1.165, 1.54) is 43.3 Å². The zero-order valence-corrected chi connectivity index (χ0v) is 17.9. The molecule has 0 saturated carbocycles. The second kappa shape index (κ2) is 9.15. The molecule has 10 heteroatoms. The Morgan fingerprint density at radius 1 is 1.03 bits per heavy atom. The van der Waals surface area contributed by atoms with Crippen LogP contribution in [-0.4, -0.2) is 19.2 Å². The molecule has 0 aliphatic carbocycles. The third-order valence-corrected chi connectivity index (χ3v) is 6.08. The van der Waals surface area contributed by atoms with Gasteiger partial charge in [0.05, 0.1) is 9.82 Å². The van der Waals surface area contributed by atoms with Crippen molar-refractivity contribution in [3.8, 4) is 0 Å². The molecule has 3 aromatic carbocycles. The molecular formula is C21H18ClN3O5S. The Balaban J connectivity index is 1.68. The molecule has 0 aliphatic heterocycles. The summed E-state index contributed by atoms with van der Waals surface area (Å²) in [4.78, 5) is 22.5. The van der Waals surface area contributed by atoms with Crippen LogP contribution in [0.5, 0.6) is 0 Å². The Hall–Kier alpha value is -3.43. The highest BCUT2D eigenvalue weighted by Crippen LogP contribution is 2.24. The van der Waals surface area contributed by atoms with E-state index in [0.717, 1.165) is 11.6 Å². The molecule has 8 nitrogen and oxygen atoms in total. The number of nitro benzene ring substituents is 1. The van der Waals surface area contributed by atoms with Crippen LogP contribution in [0.1, 0.15) is 21.5 Å². The number of anilines is 1. The van der Waals surface area contributed by atoms with Crippen molar-refractivity contribution in [2.75, 3.05) is 4.72 Å². The van der Waals surface area contributed by atoms with Crippen LogP contribution < -0.4 is 10.0 Å². The van der Waals surface area contributed by atoms with Crippen LogP contribution in [0.15, 0.2) is 71.6 Å². The third-order valence-electron chi connectivity index (χ3n) is 4.45. The molecule has 31 heavy (non-hydrogen) atoms. The summed E-state index contributed by atoms with van der Waals surface area (Å²) in [6, 6.07) is 16.6. The maximum absolute atomic E-state index is 12.6. The molecule has 160 valence electrons. The second-order valence-corrected chi connectivity index (χ2v) is 8.82. The van der Waals surface area contributed by atoms with Gasteiger partial charge in [0, 0.05) is 34.4 Å². The minimum absolute atomic E-state index is 0.220. The summed E-state index contributed by atoms with van der Waals surface area (Å²) in [5, 5.41) is 14.4. The number of hydrogen-bond donors (Lipinski definition) is 2. The molecule has 3 aromatic rings. The van der Waals surface area contributed by atoms with Gasteiger partial charge >= 0.3 is 0 Å². The summed E-state index contributed by atoms with van der Waals surface area (Å²) in [6.45, 7) is 1.84. The van der Waals surface area contributed by atoms with Crippen molar-refractivity contribution in [3.05, 3.63) is 98.6 Å². The maximum Gasteiger partial charge on any atom is 0.273 e. The van der Waals surface area contributed by atoms with Crippen LogP contribution in [0.3, 0.4) is 0 Å². The van der Waals surface area contributed by atoms with Gasteiger partial charge in [0.15, 0.2) is 0 Å². The van der Waals surface area contributed by atoms with E-state index in [2.05, 4.69) is 10.0 Å². The monoisotopic (exact) mass is 459 g/mol. The summed E-state index contributed by atoms with van der Waals surface area (Å²) in [5.41, 5.74) is 1.53. The standard InChI is InChI=1S/C21H18ClN3O5S/c1-14-2-11-19(12-20(14)25(27)28)31(29,30)24-18-9-5-16(6-10-18)21(26)23-13-15-3-7-17(22)8-4-15/h2-12,24H,13H2,1H3,(H,23,26). The van der Waals surface area contributed by atoms with Crippen LogP contribution in [0.4, 0.5) is 11.4 Å². The minimum atomic E-state index is -4.03. The van der Waals surface area contributed by atoms with E-state index in [9.17, 15) is 23.3 Å². The van der Waals surface area contributed by atoms with Crippen LogP contribution in [0.2, 0.25) is 5.02 Å². The van der Waals surface area contributed by atoms with Gasteiger partial charge in [-0.2, -0.15) is 0 Å². The highest BCUT2D eigenvalue weighted by atomic mass is 35.5. The van der Waals surface area contributed by atoms with Gasteiger partial charge in [0.2, 0.25) is 0 Å². The molecule has 0 aliphatic rings. The predicted octanol–water partition coefficient (Wildman–Crippen LogP) is 4.29. The number of nitro groups is 1. The van der Waals surface area contributed by atoms with E-state index >= 15 is 0 Å². The lowest BCUT2D eigenvalue weighted by molar-refractivity contribution is -0.385. The molecule has 0 unspecified atom stereocenters. The fourth-order valence-electron chi connectivity index (χ4n) is 2.74. The van der Waals surface area contributed by atoms with E-state index in [0.29, 0.717) is 22.7 Å². The third kappa shape index (κ3) is 5.59. The molecule has 2 N–H and O–H groups in total. The number of carbonyl (C=O) groups excluding carboxylic acids is 1. The summed E-state index contributed by atoms with van der Waals surface area (Å²) in [5.74, 6) is -0.321. The van der Waals surface area contributed by atoms with Crippen molar-refractivity contribution in [2.24, 2.45) is 0 Å². The summed E-state index contributed by atoms with van der Waals surface area (Å²) in [6.07, 6.45) is 0. The van der Waals surface area contributed by atoms with Crippen molar-refractivity contribution in [1.29, 1.82) is 0 Å². The largest absolute Gasteiger partial charge is 0.348 e. The highest BCUT2D eigenvalue weighted by Gasteiger charge is 2.20. The quantitative estimate of drug-likeness (QED) is 0.403. The van der Waals surface area contributed by atoms with Crippen LogP contribution >= 0.6 is 11.6 Å². The number of sulfonamides is 1. The van der Waals surface area contributed by atoms with Gasteiger partial charge in [-0.05, 0) is 55.0 Å². The first-order valence-corrected chi connectivity index (χ1v) is 10.9. The zero-order valence-electron chi connectivity index (χ0n) is 16.3. The second-order valence-electron chi connectivity index (χ2n) is 6.70. The lowest BCUT2D eigenvalue weighted by Crippen LogP contribution is -2.22. The summed E-state index contributed by atoms with van der Waals surface area (Å²) >= 11 is 5.83. The molecule has 0 radical (unpaired) electrons. The van der Waals surface area contributed by atoms with Crippen molar-refractivity contribution in [3.63, 3.8) is 0 Å². The number of nitrogens with zero attached hydrogens (tertiary/aromatic N) is 1. The van der Waals surface area contributed by atoms with Crippen molar-refractivity contribution in [2.45, 2.75) is 18.4 Å². The van der Waals surface area contributed by atoms with Crippen molar-refractivity contribution < 1.29 is 18.1 Å². The lowest BCUT2D eigenvalue weighted by Gasteiger charge is -2.10. The molecule has 0 fully saturated rings. The van der Waals surface area contributed by atoms with Gasteiger partial charge in [-0.3, -0.25) is 19.6 Å². The Kier molecular flexibility index (Phi) is 6.57. The Labute approximate surface area is 184 Å². The van der Waals surface area contributed by atoms with Gasteiger partial charge in [-0.25, -0.2) is 8.42 Å². The first kappa shape index (κ1) is 22.3. The van der Waals surface area contributed by atoms with Gasteiger partial charge in [0.25, 0.3) is 21.6 Å². The van der Waals surface area contributed by atoms with Gasteiger partial charge in [-0.1, -0.05) is 29.8 Å². The molecule has 0 heterocycles. The molecule has 1 amide bonds. The van der Waals surface area contributed by atoms with Crippen LogP contribution in [0.25, 0.3) is 0 Å². The molecule has 3 rings (SSSR count). The van der Waals surface area contributed by atoms with E-state index in [1.54, 1.807) is 24.3 Å². The number of nitrogens with one attached hydrogen (secondary N) is 2. The number of hydrogen-bond acceptors (Lipinski definition) is 5. The average Bonchev–Trinajstić information content (AvgIpc) is 2.73. The van der Waals surface area contributed by atoms with Crippen molar-refractivity contribution >= 4 is 38.9 Å². The minimum Gasteiger partial charge on any atom is -0.348 e. The number of benzene rings is 3. The average molecular weight is 460 g/mol. The number of amides is 1. The predicted molar refractivity (Wildman–Crippen MR) is 118 cm³/mol. The SMILES string of the molecule is Cc1ccc(S(=O)(=O)Nc2ccc(C(=O)NCc3ccc(Cl)cc3)cc2)cc1[N+](=O)[O-]. The highest BCUT2D eigenvalue weighted by molar-refractivity contribution is 7.92. The van der Waals surface area contributed by atoms with Gasteiger partial charge < -0.3 is 5.32 Å². The van der Waals surface area contributed by atoms with E-state index in [4.69, 9.17) is 11.6 Å². The molecule has 0 saturated heterocycles. The van der Waals surface area contributed by atoms with Gasteiger partial charge in [-0.15, -0.1) is 0 Å². The smallest absolute Gasteiger partial charge is 0.273 e. The number of aryl methyl sites for hydroxylation is 1. The summed E-state index contributed by atoms with van der Waals surface area (Å²) in [7, 11) is -4.03. The lowest BCUT2D eigenvalue weighted by atomic mass is 10.2. The Morgan fingerprint density at radius 2 is 1.68 bits per heavy atom. The maximum atomic E-state index is 12.6. The zero-order chi connectivity index (χ0) is 22.6. The van der Waals surface area contributed by atoms with E-state index < -0.39 is 14.9 Å². The van der Waals surface area contributed by atoms with Crippen LogP contribution in [0, 0.1) is 17.0 Å². The Bertz CT molecular complexity index is 1230. The van der Waals surface area contributed by atoms with E-state index in [1.807, 2.05) is 0 Å². The fraction of sp³-hybridized carbons (Fsp3) is 0.0952. The number of halogens is 1. The van der Waals surface area contributed by atoms with Crippen molar-refractivity contribution in [1.82, 2.24) is 5.32 Å². The first-order chi connectivity index (χ1) is 14.7. The van der Waals surface area contributed by atoms with Gasteiger partial charge in [0.1, 0.15) is 0 Å². The first-order valence-electron chi connectivity index (χ1n) is 9.06. The molecule has 0 spiro atoms. The molecular weight excluding hydrogens is 442 g/mol. The molecule has 0 atom stereocenters. The molecule has 0 bridgehead atoms. The number of rotatable bonds is 7. The topological polar surface area (TPSA) is 118 Å². The fourth-order valence-corrected chi connectivity index (χ4v) is 3.95.